The third kappa shape index (κ3) is 2.23. The van der Waals surface area contributed by atoms with Gasteiger partial charge in [-0.15, -0.1) is 0 Å². The fourth-order valence-corrected chi connectivity index (χ4v) is 2.78. The number of methoxy groups -OCH3 is 1. The predicted molar refractivity (Wildman–Crippen MR) is 88.1 cm³/mol. The first-order valence-electron chi connectivity index (χ1n) is 7.51. The molecule has 0 atom stereocenters. The van der Waals surface area contributed by atoms with E-state index in [1.165, 1.54) is 4.57 Å². The van der Waals surface area contributed by atoms with Crippen LogP contribution in [0.25, 0.3) is 16.7 Å². The van der Waals surface area contributed by atoms with Crippen molar-refractivity contribution in [1.82, 2.24) is 14.5 Å². The SMILES string of the molecule is COc1ccccc1-n1c(=O)nc(N)c2ccc(C3CC3)nc21. The number of pyridine rings is 1. The molecule has 6 nitrogen and oxygen atoms in total. The molecule has 0 aliphatic heterocycles. The van der Waals surface area contributed by atoms with E-state index in [0.717, 1.165) is 18.5 Å². The minimum absolute atomic E-state index is 0.200. The first-order valence-corrected chi connectivity index (χ1v) is 7.51. The third-order valence-corrected chi connectivity index (χ3v) is 4.11. The molecule has 1 aliphatic rings. The molecule has 116 valence electrons. The summed E-state index contributed by atoms with van der Waals surface area (Å²) in [6, 6.07) is 11.2. The number of rotatable bonds is 3. The van der Waals surface area contributed by atoms with Crippen LogP contribution < -0.4 is 16.2 Å². The smallest absolute Gasteiger partial charge is 0.355 e. The Morgan fingerprint density at radius 2 is 1.96 bits per heavy atom. The monoisotopic (exact) mass is 308 g/mol. The number of aromatic nitrogens is 3. The van der Waals surface area contributed by atoms with Crippen molar-refractivity contribution in [2.75, 3.05) is 12.8 Å². The van der Waals surface area contributed by atoms with Gasteiger partial charge in [-0.05, 0) is 37.1 Å². The number of nitrogens with two attached hydrogens (primary N) is 1. The topological polar surface area (TPSA) is 83.0 Å². The van der Waals surface area contributed by atoms with Gasteiger partial charge in [0.05, 0.1) is 18.2 Å². The maximum atomic E-state index is 12.5. The van der Waals surface area contributed by atoms with E-state index in [1.54, 1.807) is 13.2 Å². The number of nitrogen functional groups attached to an aromatic ring is 1. The van der Waals surface area contributed by atoms with Crippen molar-refractivity contribution in [2.24, 2.45) is 0 Å². The van der Waals surface area contributed by atoms with Gasteiger partial charge in [0.2, 0.25) is 0 Å². The second-order valence-corrected chi connectivity index (χ2v) is 5.67. The lowest BCUT2D eigenvalue weighted by Crippen LogP contribution is -2.24. The summed E-state index contributed by atoms with van der Waals surface area (Å²) in [5.41, 5.74) is 7.59. The van der Waals surface area contributed by atoms with Crippen LogP contribution in [0.2, 0.25) is 0 Å². The summed E-state index contributed by atoms with van der Waals surface area (Å²) in [7, 11) is 1.57. The Morgan fingerprint density at radius 1 is 1.17 bits per heavy atom. The third-order valence-electron chi connectivity index (χ3n) is 4.11. The normalized spacial score (nSPS) is 14.1. The van der Waals surface area contributed by atoms with Crippen molar-refractivity contribution in [3.63, 3.8) is 0 Å². The molecule has 1 fully saturated rings. The molecule has 3 aromatic rings. The average Bonchev–Trinajstić information content (AvgIpc) is 3.40. The van der Waals surface area contributed by atoms with Crippen LogP contribution in [0.3, 0.4) is 0 Å². The lowest BCUT2D eigenvalue weighted by atomic mass is 10.2. The van der Waals surface area contributed by atoms with E-state index in [-0.39, 0.29) is 5.82 Å². The number of anilines is 1. The summed E-state index contributed by atoms with van der Waals surface area (Å²) >= 11 is 0. The van der Waals surface area contributed by atoms with E-state index >= 15 is 0 Å². The Hall–Kier alpha value is -2.89. The van der Waals surface area contributed by atoms with Crippen LogP contribution >= 0.6 is 0 Å². The van der Waals surface area contributed by atoms with Gasteiger partial charge in [-0.3, -0.25) is 0 Å². The van der Waals surface area contributed by atoms with Crippen molar-refractivity contribution in [3.05, 3.63) is 52.6 Å². The van der Waals surface area contributed by atoms with Gasteiger partial charge >= 0.3 is 5.69 Å². The minimum Gasteiger partial charge on any atom is -0.495 e. The van der Waals surface area contributed by atoms with Gasteiger partial charge in [-0.25, -0.2) is 14.3 Å². The maximum absolute atomic E-state index is 12.5. The van der Waals surface area contributed by atoms with Gasteiger partial charge in [0.25, 0.3) is 0 Å². The van der Waals surface area contributed by atoms with Gasteiger partial charge in [0.15, 0.2) is 5.65 Å². The van der Waals surface area contributed by atoms with E-state index < -0.39 is 5.69 Å². The van der Waals surface area contributed by atoms with E-state index in [2.05, 4.69) is 4.98 Å². The molecule has 0 spiro atoms. The zero-order valence-electron chi connectivity index (χ0n) is 12.7. The van der Waals surface area contributed by atoms with E-state index in [4.69, 9.17) is 15.5 Å². The summed E-state index contributed by atoms with van der Waals surface area (Å²) in [5, 5.41) is 0.667. The molecule has 6 heteroatoms. The van der Waals surface area contributed by atoms with Crippen molar-refractivity contribution in [1.29, 1.82) is 0 Å². The number of nitrogens with zero attached hydrogens (tertiary/aromatic N) is 3. The summed E-state index contributed by atoms with van der Waals surface area (Å²) < 4.78 is 6.85. The number of fused-ring (bicyclic) bond motifs is 1. The highest BCUT2D eigenvalue weighted by atomic mass is 16.5. The van der Waals surface area contributed by atoms with Crippen LogP contribution in [0.1, 0.15) is 24.5 Å². The summed E-state index contributed by atoms with van der Waals surface area (Å²) in [6.07, 6.45) is 2.27. The summed E-state index contributed by atoms with van der Waals surface area (Å²) in [5.74, 6) is 1.27. The van der Waals surface area contributed by atoms with E-state index in [9.17, 15) is 4.79 Å². The van der Waals surface area contributed by atoms with Gasteiger partial charge in [0.1, 0.15) is 11.6 Å². The number of ether oxygens (including phenoxy) is 1. The zero-order valence-corrected chi connectivity index (χ0v) is 12.7. The van der Waals surface area contributed by atoms with E-state index in [0.29, 0.717) is 28.4 Å². The number of hydrogen-bond acceptors (Lipinski definition) is 5. The molecule has 0 amide bonds. The summed E-state index contributed by atoms with van der Waals surface area (Å²) in [4.78, 5) is 21.1. The minimum atomic E-state index is -0.458. The molecule has 4 rings (SSSR count). The van der Waals surface area contributed by atoms with E-state index in [1.807, 2.05) is 30.3 Å². The second kappa shape index (κ2) is 5.08. The Balaban J connectivity index is 2.08. The Morgan fingerprint density at radius 3 is 2.70 bits per heavy atom. The molecule has 1 aromatic carbocycles. The average molecular weight is 308 g/mol. The largest absolute Gasteiger partial charge is 0.495 e. The molecule has 0 bridgehead atoms. The molecule has 0 saturated heterocycles. The lowest BCUT2D eigenvalue weighted by molar-refractivity contribution is 0.412. The van der Waals surface area contributed by atoms with Gasteiger partial charge in [-0.1, -0.05) is 12.1 Å². The highest BCUT2D eigenvalue weighted by Gasteiger charge is 2.26. The quantitative estimate of drug-likeness (QED) is 0.802. The fraction of sp³-hybridized carbons (Fsp3) is 0.235. The van der Waals surface area contributed by atoms with Crippen LogP contribution in [-0.2, 0) is 0 Å². The summed E-state index contributed by atoms with van der Waals surface area (Å²) in [6.45, 7) is 0. The molecule has 2 N–H and O–H groups in total. The molecular formula is C17H16N4O2. The van der Waals surface area contributed by atoms with Crippen molar-refractivity contribution >= 4 is 16.9 Å². The number of para-hydroxylation sites is 2. The molecule has 0 unspecified atom stereocenters. The van der Waals surface area contributed by atoms with Crippen LogP contribution in [0, 0.1) is 0 Å². The standard InChI is InChI=1S/C17H16N4O2/c1-23-14-5-3-2-4-13(14)21-16-11(15(18)20-17(21)22)8-9-12(19-16)10-6-7-10/h2-5,8-10H,6-7H2,1H3,(H2,18,20,22). The number of benzene rings is 1. The van der Waals surface area contributed by atoms with Crippen molar-refractivity contribution in [2.45, 2.75) is 18.8 Å². The van der Waals surface area contributed by atoms with Crippen LogP contribution in [-0.4, -0.2) is 21.6 Å². The first kappa shape index (κ1) is 13.8. The maximum Gasteiger partial charge on any atom is 0.355 e. The molecule has 2 heterocycles. The molecule has 23 heavy (non-hydrogen) atoms. The van der Waals surface area contributed by atoms with Crippen LogP contribution in [0.5, 0.6) is 5.75 Å². The second-order valence-electron chi connectivity index (χ2n) is 5.67. The van der Waals surface area contributed by atoms with Gasteiger partial charge in [-0.2, -0.15) is 4.98 Å². The Labute approximate surface area is 132 Å². The van der Waals surface area contributed by atoms with Crippen molar-refractivity contribution < 1.29 is 4.74 Å². The van der Waals surface area contributed by atoms with Gasteiger partial charge < -0.3 is 10.5 Å². The molecular weight excluding hydrogens is 292 g/mol. The van der Waals surface area contributed by atoms with Gasteiger partial charge in [0, 0.05) is 11.6 Å². The predicted octanol–water partition coefficient (Wildman–Crippen LogP) is 2.25. The van der Waals surface area contributed by atoms with Crippen LogP contribution in [0.15, 0.2) is 41.2 Å². The van der Waals surface area contributed by atoms with Crippen LogP contribution in [0.4, 0.5) is 5.82 Å². The van der Waals surface area contributed by atoms with Crippen molar-refractivity contribution in [3.8, 4) is 11.4 Å². The molecule has 1 saturated carbocycles. The fourth-order valence-electron chi connectivity index (χ4n) is 2.78. The molecule has 2 aromatic heterocycles. The lowest BCUT2D eigenvalue weighted by Gasteiger charge is -2.14. The molecule has 1 aliphatic carbocycles. The number of hydrogen-bond donors (Lipinski definition) is 1. The Kier molecular flexibility index (Phi) is 3.04. The highest BCUT2D eigenvalue weighted by molar-refractivity contribution is 5.86. The molecule has 0 radical (unpaired) electrons. The Bertz CT molecular complexity index is 960. The zero-order chi connectivity index (χ0) is 16.0. The highest BCUT2D eigenvalue weighted by Crippen LogP contribution is 2.39. The first-order chi connectivity index (χ1) is 11.2.